The van der Waals surface area contributed by atoms with E-state index in [-0.39, 0.29) is 40.5 Å². The predicted octanol–water partition coefficient (Wildman–Crippen LogP) is 5.55. The van der Waals surface area contributed by atoms with Gasteiger partial charge in [0, 0.05) is 42.9 Å². The van der Waals surface area contributed by atoms with E-state index in [1.54, 1.807) is 17.6 Å². The molecule has 37 heavy (non-hydrogen) atoms. The first kappa shape index (κ1) is 28.8. The van der Waals surface area contributed by atoms with Crippen LogP contribution in [0.3, 0.4) is 0 Å². The minimum absolute atomic E-state index is 0.00751. The molecular formula is C28H34F3N3O2S. The normalized spacial score (nSPS) is 15.7. The van der Waals surface area contributed by atoms with Crippen LogP contribution in [0.2, 0.25) is 0 Å². The molecule has 1 aromatic heterocycles. The highest BCUT2D eigenvalue weighted by Crippen LogP contribution is 2.41. The minimum atomic E-state index is -0.918. The number of hydrogen-bond acceptors (Lipinski definition) is 5. The standard InChI is InChI=1S/C28H34F3N3O2S/c1-8-23(30)22(18(3)29)14-21-17(2)25(20-10-9-11-24(36-7)26(20)31)27(35)34-19(16-37-28(21)34)15-33(6)13-12-32(4)5/h8-11,19H,1,3,12-16H2,2,4-7H3/b23-22+. The number of likely N-dealkylation sites (N-methyl/N-ethyl adjacent to an activating group) is 2. The zero-order valence-electron chi connectivity index (χ0n) is 22.0. The molecule has 0 spiro atoms. The van der Waals surface area contributed by atoms with Crippen molar-refractivity contribution in [1.82, 2.24) is 14.4 Å². The second-order valence-corrected chi connectivity index (χ2v) is 10.4. The van der Waals surface area contributed by atoms with Crippen LogP contribution >= 0.6 is 11.8 Å². The predicted molar refractivity (Wildman–Crippen MR) is 145 cm³/mol. The van der Waals surface area contributed by atoms with E-state index in [0.29, 0.717) is 28.5 Å². The van der Waals surface area contributed by atoms with Gasteiger partial charge < -0.3 is 14.5 Å². The molecule has 0 saturated heterocycles. The summed E-state index contributed by atoms with van der Waals surface area (Å²) < 4.78 is 51.1. The Morgan fingerprint density at radius 1 is 1.27 bits per heavy atom. The molecule has 2 aromatic rings. The van der Waals surface area contributed by atoms with E-state index < -0.39 is 17.5 Å². The molecule has 0 aliphatic carbocycles. The first-order valence-corrected chi connectivity index (χ1v) is 12.9. The van der Waals surface area contributed by atoms with Gasteiger partial charge in [0.1, 0.15) is 11.7 Å². The van der Waals surface area contributed by atoms with E-state index in [2.05, 4.69) is 23.0 Å². The maximum Gasteiger partial charge on any atom is 0.260 e. The Balaban J connectivity index is 2.25. The van der Waals surface area contributed by atoms with E-state index in [9.17, 15) is 13.6 Å². The summed E-state index contributed by atoms with van der Waals surface area (Å²) in [6, 6.07) is 4.41. The number of aromatic nitrogens is 1. The van der Waals surface area contributed by atoms with Crippen molar-refractivity contribution in [2.24, 2.45) is 0 Å². The highest BCUT2D eigenvalue weighted by Gasteiger charge is 2.32. The first-order chi connectivity index (χ1) is 17.5. The van der Waals surface area contributed by atoms with E-state index in [0.717, 1.165) is 19.2 Å². The largest absolute Gasteiger partial charge is 0.494 e. The van der Waals surface area contributed by atoms with Gasteiger partial charge in [0.2, 0.25) is 0 Å². The first-order valence-electron chi connectivity index (χ1n) is 11.9. The van der Waals surface area contributed by atoms with Crippen LogP contribution < -0.4 is 10.3 Å². The molecule has 1 unspecified atom stereocenters. The average Bonchev–Trinajstić information content (AvgIpc) is 3.26. The fourth-order valence-corrected chi connectivity index (χ4v) is 5.90. The third-order valence-corrected chi connectivity index (χ3v) is 7.84. The van der Waals surface area contributed by atoms with Crippen molar-refractivity contribution in [3.8, 4) is 16.9 Å². The van der Waals surface area contributed by atoms with Gasteiger partial charge in [0.05, 0.1) is 23.7 Å². The monoisotopic (exact) mass is 533 g/mol. The Hall–Kier alpha value is -2.75. The van der Waals surface area contributed by atoms with Crippen LogP contribution in [-0.4, -0.2) is 68.0 Å². The molecule has 1 aromatic carbocycles. The molecule has 200 valence electrons. The Morgan fingerprint density at radius 2 is 1.97 bits per heavy atom. The highest BCUT2D eigenvalue weighted by atomic mass is 32.2. The van der Waals surface area contributed by atoms with Gasteiger partial charge in [-0.2, -0.15) is 0 Å². The number of allylic oxidation sites excluding steroid dienone is 4. The van der Waals surface area contributed by atoms with E-state index in [1.165, 1.54) is 31.0 Å². The summed E-state index contributed by atoms with van der Waals surface area (Å²) in [6.45, 7) is 10.6. The average molecular weight is 534 g/mol. The van der Waals surface area contributed by atoms with Gasteiger partial charge in [-0.25, -0.2) is 13.2 Å². The number of ether oxygens (including phenoxy) is 1. The van der Waals surface area contributed by atoms with Crippen molar-refractivity contribution < 1.29 is 17.9 Å². The maximum atomic E-state index is 15.4. The van der Waals surface area contributed by atoms with Crippen molar-refractivity contribution in [2.75, 3.05) is 53.6 Å². The van der Waals surface area contributed by atoms with Crippen LogP contribution in [0, 0.1) is 12.7 Å². The number of fused-ring (bicyclic) bond motifs is 1. The van der Waals surface area contributed by atoms with Crippen molar-refractivity contribution in [3.63, 3.8) is 0 Å². The van der Waals surface area contributed by atoms with E-state index in [1.807, 2.05) is 21.1 Å². The van der Waals surface area contributed by atoms with Gasteiger partial charge in [-0.15, -0.1) is 11.8 Å². The quantitative estimate of drug-likeness (QED) is 0.354. The van der Waals surface area contributed by atoms with Crippen LogP contribution in [0.15, 0.2) is 64.5 Å². The molecule has 0 saturated carbocycles. The molecule has 9 heteroatoms. The molecule has 1 atom stereocenters. The molecule has 0 radical (unpaired) electrons. The van der Waals surface area contributed by atoms with Crippen molar-refractivity contribution in [3.05, 3.63) is 82.0 Å². The minimum Gasteiger partial charge on any atom is -0.494 e. The van der Waals surface area contributed by atoms with Crippen LogP contribution in [0.1, 0.15) is 17.2 Å². The molecule has 0 bridgehead atoms. The lowest BCUT2D eigenvalue weighted by Gasteiger charge is -2.25. The molecular weight excluding hydrogens is 499 g/mol. The molecule has 3 rings (SSSR count). The van der Waals surface area contributed by atoms with Crippen LogP contribution in [-0.2, 0) is 6.42 Å². The summed E-state index contributed by atoms with van der Waals surface area (Å²) in [5, 5.41) is 0.635. The lowest BCUT2D eigenvalue weighted by molar-refractivity contribution is 0.251. The molecule has 0 N–H and O–H groups in total. The second kappa shape index (κ2) is 12.2. The lowest BCUT2D eigenvalue weighted by atomic mass is 9.93. The zero-order chi connectivity index (χ0) is 27.4. The number of pyridine rings is 1. The van der Waals surface area contributed by atoms with Crippen molar-refractivity contribution >= 4 is 11.8 Å². The summed E-state index contributed by atoms with van der Waals surface area (Å²) in [6.07, 6.45) is 0.784. The molecule has 5 nitrogen and oxygen atoms in total. The molecule has 0 fully saturated rings. The second-order valence-electron chi connectivity index (χ2n) is 9.42. The van der Waals surface area contributed by atoms with Crippen LogP contribution in [0.5, 0.6) is 5.75 Å². The zero-order valence-corrected chi connectivity index (χ0v) is 22.9. The van der Waals surface area contributed by atoms with Gasteiger partial charge in [0.25, 0.3) is 5.56 Å². The number of halogens is 3. The summed E-state index contributed by atoms with van der Waals surface area (Å²) in [4.78, 5) is 18.2. The van der Waals surface area contributed by atoms with Crippen LogP contribution in [0.4, 0.5) is 13.2 Å². The maximum absolute atomic E-state index is 15.4. The topological polar surface area (TPSA) is 37.7 Å². The SMILES string of the molecule is C=C/C(F)=C(/Cc1c(C)c(-c2cccc(OC)c2F)c(=O)n2c1SCC2CN(C)CCN(C)C)C(=C)F. The summed E-state index contributed by atoms with van der Waals surface area (Å²) in [7, 11) is 7.33. The summed E-state index contributed by atoms with van der Waals surface area (Å²) in [5.74, 6) is -1.79. The number of hydrogen-bond donors (Lipinski definition) is 0. The van der Waals surface area contributed by atoms with Gasteiger partial charge in [-0.05, 0) is 51.3 Å². The molecule has 1 aliphatic rings. The fourth-order valence-electron chi connectivity index (χ4n) is 4.52. The number of benzene rings is 1. The van der Waals surface area contributed by atoms with E-state index >= 15 is 4.39 Å². The summed E-state index contributed by atoms with van der Waals surface area (Å²) >= 11 is 1.47. The van der Waals surface area contributed by atoms with Gasteiger partial charge >= 0.3 is 0 Å². The Morgan fingerprint density at radius 3 is 2.57 bits per heavy atom. The highest BCUT2D eigenvalue weighted by molar-refractivity contribution is 7.99. The molecule has 0 amide bonds. The third kappa shape index (κ3) is 6.05. The smallest absolute Gasteiger partial charge is 0.260 e. The number of nitrogens with zero attached hydrogens (tertiary/aromatic N) is 3. The van der Waals surface area contributed by atoms with Gasteiger partial charge in [0.15, 0.2) is 11.6 Å². The van der Waals surface area contributed by atoms with E-state index in [4.69, 9.17) is 4.74 Å². The third-order valence-electron chi connectivity index (χ3n) is 6.57. The van der Waals surface area contributed by atoms with Crippen LogP contribution in [0.25, 0.3) is 11.1 Å². The Labute approximate surface area is 220 Å². The van der Waals surface area contributed by atoms with Crippen molar-refractivity contribution in [1.29, 1.82) is 0 Å². The van der Waals surface area contributed by atoms with Crippen molar-refractivity contribution in [2.45, 2.75) is 24.4 Å². The number of methoxy groups -OCH3 is 1. The lowest BCUT2D eigenvalue weighted by Crippen LogP contribution is -2.36. The number of rotatable bonds is 11. The van der Waals surface area contributed by atoms with Gasteiger partial charge in [-0.1, -0.05) is 25.3 Å². The fraction of sp³-hybridized carbons (Fsp3) is 0.393. The number of thioether (sulfide) groups is 1. The van der Waals surface area contributed by atoms with Gasteiger partial charge in [-0.3, -0.25) is 9.36 Å². The Bertz CT molecular complexity index is 1290. The Kier molecular flexibility index (Phi) is 9.50. The summed E-state index contributed by atoms with van der Waals surface area (Å²) in [5.41, 5.74) is 0.682. The molecule has 1 aliphatic heterocycles. The molecule has 2 heterocycles.